The second kappa shape index (κ2) is 7.50. The van der Waals surface area contributed by atoms with Gasteiger partial charge in [-0.05, 0) is 56.0 Å². The number of nitrogens with zero attached hydrogens (tertiary/aromatic N) is 2. The summed E-state index contributed by atoms with van der Waals surface area (Å²) >= 11 is 6.24. The summed E-state index contributed by atoms with van der Waals surface area (Å²) in [4.78, 5) is 15.0. The van der Waals surface area contributed by atoms with Gasteiger partial charge in [0.2, 0.25) is 10.0 Å². The number of hydrogen-bond donors (Lipinski definition) is 0. The van der Waals surface area contributed by atoms with E-state index in [0.717, 1.165) is 36.9 Å². The quantitative estimate of drug-likeness (QED) is 0.753. The molecule has 1 saturated heterocycles. The third kappa shape index (κ3) is 3.34. The average molecular weight is 419 g/mol. The smallest absolute Gasteiger partial charge is 0.258 e. The van der Waals surface area contributed by atoms with E-state index in [9.17, 15) is 13.2 Å². The van der Waals surface area contributed by atoms with Crippen LogP contribution in [0.4, 0.5) is 5.69 Å². The number of rotatable bonds is 3. The third-order valence-electron chi connectivity index (χ3n) is 5.54. The maximum absolute atomic E-state index is 13.3. The van der Waals surface area contributed by atoms with E-state index < -0.39 is 10.0 Å². The number of halogens is 1. The molecule has 0 bridgehead atoms. The van der Waals surface area contributed by atoms with Gasteiger partial charge in [-0.25, -0.2) is 8.42 Å². The zero-order valence-corrected chi connectivity index (χ0v) is 17.3. The van der Waals surface area contributed by atoms with Crippen LogP contribution in [0.25, 0.3) is 0 Å². The average Bonchev–Trinajstić information content (AvgIpc) is 3.04. The highest BCUT2D eigenvalue weighted by Crippen LogP contribution is 2.34. The van der Waals surface area contributed by atoms with Crippen molar-refractivity contribution in [3.8, 4) is 0 Å². The predicted molar refractivity (Wildman–Crippen MR) is 110 cm³/mol. The highest BCUT2D eigenvalue weighted by molar-refractivity contribution is 7.89. The van der Waals surface area contributed by atoms with Gasteiger partial charge >= 0.3 is 0 Å². The van der Waals surface area contributed by atoms with E-state index in [1.807, 2.05) is 31.2 Å². The van der Waals surface area contributed by atoms with Crippen LogP contribution in [0.5, 0.6) is 0 Å². The fourth-order valence-electron chi connectivity index (χ4n) is 4.09. The van der Waals surface area contributed by atoms with Gasteiger partial charge < -0.3 is 4.90 Å². The number of sulfonamides is 1. The van der Waals surface area contributed by atoms with E-state index in [2.05, 4.69) is 0 Å². The largest absolute Gasteiger partial charge is 0.305 e. The van der Waals surface area contributed by atoms with Crippen LogP contribution in [-0.2, 0) is 16.4 Å². The van der Waals surface area contributed by atoms with Crippen molar-refractivity contribution in [2.24, 2.45) is 0 Å². The fraction of sp³-hybridized carbons (Fsp3) is 0.381. The van der Waals surface area contributed by atoms with Crippen molar-refractivity contribution in [2.75, 3.05) is 18.0 Å². The summed E-state index contributed by atoms with van der Waals surface area (Å²) < 4.78 is 27.6. The first-order valence-electron chi connectivity index (χ1n) is 9.61. The lowest BCUT2D eigenvalue weighted by molar-refractivity contribution is 0.0981. The van der Waals surface area contributed by atoms with Crippen LogP contribution in [0.1, 0.15) is 42.1 Å². The van der Waals surface area contributed by atoms with Crippen LogP contribution < -0.4 is 4.90 Å². The number of carbonyl (C=O) groups is 1. The minimum Gasteiger partial charge on any atom is -0.305 e. The lowest BCUT2D eigenvalue weighted by atomic mass is 10.1. The van der Waals surface area contributed by atoms with Crippen molar-refractivity contribution in [1.29, 1.82) is 0 Å². The second-order valence-corrected chi connectivity index (χ2v) is 9.78. The number of anilines is 1. The summed E-state index contributed by atoms with van der Waals surface area (Å²) in [5.41, 5.74) is 2.34. The van der Waals surface area contributed by atoms with Gasteiger partial charge in [0.25, 0.3) is 5.91 Å². The van der Waals surface area contributed by atoms with Gasteiger partial charge in [-0.15, -0.1) is 0 Å². The summed E-state index contributed by atoms with van der Waals surface area (Å²) in [5.74, 6) is -0.204. The zero-order chi connectivity index (χ0) is 19.9. The Morgan fingerprint density at radius 1 is 1.07 bits per heavy atom. The summed E-state index contributed by atoms with van der Waals surface area (Å²) in [6.07, 6.45) is 3.51. The molecule has 0 saturated carbocycles. The van der Waals surface area contributed by atoms with Gasteiger partial charge in [0.15, 0.2) is 0 Å². The van der Waals surface area contributed by atoms with Crippen LogP contribution in [0, 0.1) is 0 Å². The first kappa shape index (κ1) is 19.4. The fourth-order valence-corrected chi connectivity index (χ4v) is 6.11. The normalized spacial score (nSPS) is 20.2. The lowest BCUT2D eigenvalue weighted by Crippen LogP contribution is -2.37. The first-order chi connectivity index (χ1) is 13.4. The Labute approximate surface area is 171 Å². The molecule has 0 aromatic heterocycles. The zero-order valence-electron chi connectivity index (χ0n) is 15.8. The Balaban J connectivity index is 1.70. The minimum absolute atomic E-state index is 0.0158. The molecule has 1 atom stereocenters. The Bertz CT molecular complexity index is 1020. The minimum atomic E-state index is -3.72. The molecule has 2 aliphatic heterocycles. The Hall–Kier alpha value is -1.89. The van der Waals surface area contributed by atoms with Crippen molar-refractivity contribution in [1.82, 2.24) is 4.31 Å². The molecule has 148 valence electrons. The van der Waals surface area contributed by atoms with Crippen LogP contribution in [-0.4, -0.2) is 37.8 Å². The molecule has 2 aliphatic rings. The standard InChI is InChI=1S/C21H23ClN2O3S/c1-15-13-16-7-3-4-8-19(16)24(15)21(25)17-9-10-18(22)20(14-17)28(26,27)23-11-5-2-6-12-23/h3-4,7-10,14-15H,2,5-6,11-13H2,1H3/t15-/m1/s1. The molecule has 4 rings (SSSR count). The number of amides is 1. The van der Waals surface area contributed by atoms with Gasteiger partial charge in [-0.3, -0.25) is 4.79 Å². The van der Waals surface area contributed by atoms with Crippen molar-refractivity contribution >= 4 is 33.2 Å². The van der Waals surface area contributed by atoms with Gasteiger partial charge in [-0.2, -0.15) is 4.31 Å². The van der Waals surface area contributed by atoms with Crippen molar-refractivity contribution < 1.29 is 13.2 Å². The molecule has 2 aromatic carbocycles. The number of piperidine rings is 1. The highest BCUT2D eigenvalue weighted by atomic mass is 35.5. The molecule has 28 heavy (non-hydrogen) atoms. The summed E-state index contributed by atoms with van der Waals surface area (Å²) in [6, 6.07) is 12.4. The number of hydrogen-bond acceptors (Lipinski definition) is 3. The maximum atomic E-state index is 13.3. The number of fused-ring (bicyclic) bond motifs is 1. The van der Waals surface area contributed by atoms with E-state index in [1.165, 1.54) is 16.4 Å². The molecule has 2 aromatic rings. The molecule has 7 heteroatoms. The van der Waals surface area contributed by atoms with E-state index in [0.29, 0.717) is 18.7 Å². The van der Waals surface area contributed by atoms with Gasteiger partial charge in [-0.1, -0.05) is 36.2 Å². The molecule has 5 nitrogen and oxygen atoms in total. The van der Waals surface area contributed by atoms with E-state index in [4.69, 9.17) is 11.6 Å². The molecule has 1 amide bonds. The van der Waals surface area contributed by atoms with E-state index in [1.54, 1.807) is 11.0 Å². The molecule has 0 unspecified atom stereocenters. The van der Waals surface area contributed by atoms with Crippen molar-refractivity contribution in [2.45, 2.75) is 43.5 Å². The number of carbonyl (C=O) groups excluding carboxylic acids is 1. The Morgan fingerprint density at radius 3 is 2.54 bits per heavy atom. The maximum Gasteiger partial charge on any atom is 0.258 e. The summed E-state index contributed by atoms with van der Waals surface area (Å²) in [6.45, 7) is 2.99. The van der Waals surface area contributed by atoms with Crippen LogP contribution in [0.2, 0.25) is 5.02 Å². The SMILES string of the molecule is C[C@@H]1Cc2ccccc2N1C(=O)c1ccc(Cl)c(S(=O)(=O)N2CCCCC2)c1. The first-order valence-corrected chi connectivity index (χ1v) is 11.4. The van der Waals surface area contributed by atoms with Crippen LogP contribution in [0.15, 0.2) is 47.4 Å². The van der Waals surface area contributed by atoms with Crippen LogP contribution >= 0.6 is 11.6 Å². The summed E-state index contributed by atoms with van der Waals surface area (Å²) in [7, 11) is -3.72. The second-order valence-electron chi connectivity index (χ2n) is 7.47. The van der Waals surface area contributed by atoms with E-state index in [-0.39, 0.29) is 21.9 Å². The van der Waals surface area contributed by atoms with Crippen molar-refractivity contribution in [3.63, 3.8) is 0 Å². The van der Waals surface area contributed by atoms with Gasteiger partial charge in [0.05, 0.1) is 5.02 Å². The van der Waals surface area contributed by atoms with Gasteiger partial charge in [0.1, 0.15) is 4.90 Å². The molecular formula is C21H23ClN2O3S. The predicted octanol–water partition coefficient (Wildman–Crippen LogP) is 4.11. The topological polar surface area (TPSA) is 57.7 Å². The number of benzene rings is 2. The molecule has 1 fully saturated rings. The molecule has 0 radical (unpaired) electrons. The van der Waals surface area contributed by atoms with E-state index >= 15 is 0 Å². The van der Waals surface area contributed by atoms with Gasteiger partial charge in [0, 0.05) is 30.4 Å². The number of para-hydroxylation sites is 1. The summed E-state index contributed by atoms with van der Waals surface area (Å²) in [5, 5.41) is 0.150. The van der Waals surface area contributed by atoms with Crippen molar-refractivity contribution in [3.05, 3.63) is 58.6 Å². The molecule has 0 N–H and O–H groups in total. The molecule has 0 spiro atoms. The monoisotopic (exact) mass is 418 g/mol. The molecular weight excluding hydrogens is 396 g/mol. The highest BCUT2D eigenvalue weighted by Gasteiger charge is 2.33. The molecule has 2 heterocycles. The Morgan fingerprint density at radius 2 is 1.79 bits per heavy atom. The lowest BCUT2D eigenvalue weighted by Gasteiger charge is -2.27. The third-order valence-corrected chi connectivity index (χ3v) is 7.92. The molecule has 0 aliphatic carbocycles. The Kier molecular flexibility index (Phi) is 5.21. The van der Waals surface area contributed by atoms with Crippen LogP contribution in [0.3, 0.4) is 0 Å².